The second-order valence-electron chi connectivity index (χ2n) is 4.85. The van der Waals surface area contributed by atoms with Gasteiger partial charge >= 0.3 is 0 Å². The molecule has 2 N–H and O–H groups in total. The van der Waals surface area contributed by atoms with Crippen LogP contribution in [0.25, 0.3) is 0 Å². The molecule has 0 bridgehead atoms. The highest BCUT2D eigenvalue weighted by Crippen LogP contribution is 2.18. The van der Waals surface area contributed by atoms with Gasteiger partial charge in [0.25, 0.3) is 0 Å². The number of hydrogen-bond acceptors (Lipinski definition) is 2. The molecule has 1 aliphatic rings. The Bertz CT molecular complexity index is 391. The van der Waals surface area contributed by atoms with Crippen LogP contribution in [-0.4, -0.2) is 23.4 Å². The first-order valence-corrected chi connectivity index (χ1v) is 6.30. The first-order chi connectivity index (χ1) is 8.16. The normalized spacial score (nSPS) is 19.2. The van der Waals surface area contributed by atoms with Gasteiger partial charge in [-0.1, -0.05) is 12.1 Å². The minimum Gasteiger partial charge on any atom is -0.399 e. The van der Waals surface area contributed by atoms with Gasteiger partial charge in [0, 0.05) is 18.3 Å². The molecule has 18 heavy (non-hydrogen) atoms. The Balaban J connectivity index is 0.00000162. The monoisotopic (exact) mass is 268 g/mol. The molecule has 2 rings (SSSR count). The van der Waals surface area contributed by atoms with Gasteiger partial charge in [-0.2, -0.15) is 0 Å². The first-order valence-electron chi connectivity index (χ1n) is 6.30. The molecule has 4 heteroatoms. The fraction of sp³-hybridized carbons (Fsp3) is 0.500. The Kier molecular flexibility index (Phi) is 5.48. The minimum atomic E-state index is 0. The van der Waals surface area contributed by atoms with Crippen LogP contribution in [0.4, 0.5) is 5.69 Å². The summed E-state index contributed by atoms with van der Waals surface area (Å²) in [5.41, 5.74) is 7.41. The molecule has 100 valence electrons. The number of nitrogens with two attached hydrogens (primary N) is 1. The summed E-state index contributed by atoms with van der Waals surface area (Å²) in [5, 5.41) is 0. The molecule has 1 unspecified atom stereocenters. The van der Waals surface area contributed by atoms with Gasteiger partial charge in [-0.3, -0.25) is 4.79 Å². The number of benzene rings is 1. The van der Waals surface area contributed by atoms with Crippen LogP contribution < -0.4 is 5.73 Å². The number of halogens is 1. The summed E-state index contributed by atoms with van der Waals surface area (Å²) in [4.78, 5) is 14.2. The van der Waals surface area contributed by atoms with Crippen molar-refractivity contribution < 1.29 is 4.79 Å². The van der Waals surface area contributed by atoms with E-state index in [9.17, 15) is 4.79 Å². The van der Waals surface area contributed by atoms with Crippen molar-refractivity contribution in [1.29, 1.82) is 0 Å². The summed E-state index contributed by atoms with van der Waals surface area (Å²) < 4.78 is 0. The molecule has 3 nitrogen and oxygen atoms in total. The van der Waals surface area contributed by atoms with Crippen molar-refractivity contribution >= 4 is 24.0 Å². The first kappa shape index (κ1) is 14.8. The molecule has 1 saturated heterocycles. The van der Waals surface area contributed by atoms with Gasteiger partial charge in [0.1, 0.15) is 0 Å². The number of carbonyl (C=O) groups is 1. The van der Waals surface area contributed by atoms with Crippen LogP contribution in [0.1, 0.15) is 31.7 Å². The molecule has 1 aromatic carbocycles. The molecule has 0 aliphatic carbocycles. The summed E-state index contributed by atoms with van der Waals surface area (Å²) in [6.07, 6.45) is 4.00. The van der Waals surface area contributed by atoms with Gasteiger partial charge in [0.15, 0.2) is 0 Å². The second kappa shape index (κ2) is 6.64. The Morgan fingerprint density at radius 2 is 2.00 bits per heavy atom. The number of nitrogens with zero attached hydrogens (tertiary/aromatic N) is 1. The molecule has 1 amide bonds. The van der Waals surface area contributed by atoms with E-state index in [1.165, 1.54) is 6.42 Å². The zero-order valence-electron chi connectivity index (χ0n) is 10.8. The number of nitrogen functional groups attached to an aromatic ring is 1. The van der Waals surface area contributed by atoms with Crippen LogP contribution in [0.5, 0.6) is 0 Å². The van der Waals surface area contributed by atoms with Crippen molar-refractivity contribution in [3.05, 3.63) is 29.8 Å². The minimum absolute atomic E-state index is 0. The zero-order chi connectivity index (χ0) is 12.3. The maximum atomic E-state index is 12.2. The second-order valence-corrected chi connectivity index (χ2v) is 4.85. The lowest BCUT2D eigenvalue weighted by Crippen LogP contribution is -2.42. The van der Waals surface area contributed by atoms with E-state index in [2.05, 4.69) is 6.92 Å². The average Bonchev–Trinajstić information content (AvgIpc) is 2.32. The molecule has 1 heterocycles. The summed E-state index contributed by atoms with van der Waals surface area (Å²) in [6, 6.07) is 7.96. The predicted octanol–water partition coefficient (Wildman–Crippen LogP) is 2.63. The predicted molar refractivity (Wildman–Crippen MR) is 76.8 cm³/mol. The van der Waals surface area contributed by atoms with Crippen LogP contribution in [0, 0.1) is 0 Å². The Labute approximate surface area is 115 Å². The lowest BCUT2D eigenvalue weighted by molar-refractivity contribution is -0.133. The number of hydrogen-bond donors (Lipinski definition) is 1. The molecule has 1 aliphatic heterocycles. The summed E-state index contributed by atoms with van der Waals surface area (Å²) >= 11 is 0. The Morgan fingerprint density at radius 1 is 1.33 bits per heavy atom. The van der Waals surface area contributed by atoms with Gasteiger partial charge in [0.2, 0.25) is 5.91 Å². The molecule has 1 atom stereocenters. The maximum absolute atomic E-state index is 12.2. The SMILES string of the molecule is CC1CCCCN1C(=O)Cc1ccc(N)cc1.Cl. The smallest absolute Gasteiger partial charge is 0.227 e. The third-order valence-corrected chi connectivity index (χ3v) is 3.46. The van der Waals surface area contributed by atoms with E-state index in [1.54, 1.807) is 0 Å². The van der Waals surface area contributed by atoms with Crippen molar-refractivity contribution in [3.63, 3.8) is 0 Å². The molecule has 1 fully saturated rings. The fourth-order valence-electron chi connectivity index (χ4n) is 2.38. The van der Waals surface area contributed by atoms with Gasteiger partial charge in [-0.25, -0.2) is 0 Å². The highest BCUT2D eigenvalue weighted by atomic mass is 35.5. The molecular formula is C14H21ClN2O. The number of likely N-dealkylation sites (tertiary alicyclic amines) is 1. The van der Waals surface area contributed by atoms with Crippen LogP contribution >= 0.6 is 12.4 Å². The lowest BCUT2D eigenvalue weighted by atomic mass is 10.0. The topological polar surface area (TPSA) is 46.3 Å². The highest BCUT2D eigenvalue weighted by molar-refractivity contribution is 5.85. The molecule has 0 spiro atoms. The van der Waals surface area contributed by atoms with Gasteiger partial charge in [-0.15, -0.1) is 12.4 Å². The quantitative estimate of drug-likeness (QED) is 0.838. The van der Waals surface area contributed by atoms with Crippen LogP contribution in [0.2, 0.25) is 0 Å². The van der Waals surface area contributed by atoms with Gasteiger partial charge in [-0.05, 0) is 43.9 Å². The molecule has 0 aromatic heterocycles. The van der Waals surface area contributed by atoms with E-state index in [-0.39, 0.29) is 18.3 Å². The standard InChI is InChI=1S/C14H20N2O.ClH/c1-11-4-2-3-9-16(11)14(17)10-12-5-7-13(15)8-6-12;/h5-8,11H,2-4,9-10,15H2,1H3;1H. The van der Waals surface area contributed by atoms with E-state index in [0.717, 1.165) is 30.6 Å². The van der Waals surface area contributed by atoms with Crippen LogP contribution in [0.15, 0.2) is 24.3 Å². The zero-order valence-corrected chi connectivity index (χ0v) is 11.6. The number of rotatable bonds is 2. The van der Waals surface area contributed by atoms with Crippen molar-refractivity contribution in [2.75, 3.05) is 12.3 Å². The van der Waals surface area contributed by atoms with Crippen LogP contribution in [0.3, 0.4) is 0 Å². The molecule has 0 radical (unpaired) electrons. The number of piperidine rings is 1. The number of carbonyl (C=O) groups excluding carboxylic acids is 1. The van der Waals surface area contributed by atoms with Crippen molar-refractivity contribution in [2.24, 2.45) is 0 Å². The van der Waals surface area contributed by atoms with E-state index >= 15 is 0 Å². The number of amides is 1. The van der Waals surface area contributed by atoms with Crippen molar-refractivity contribution in [3.8, 4) is 0 Å². The number of anilines is 1. The Morgan fingerprint density at radius 3 is 2.61 bits per heavy atom. The third kappa shape index (κ3) is 3.64. The van der Waals surface area contributed by atoms with Gasteiger partial charge in [0.05, 0.1) is 6.42 Å². The average molecular weight is 269 g/mol. The maximum Gasteiger partial charge on any atom is 0.227 e. The summed E-state index contributed by atoms with van der Waals surface area (Å²) in [5.74, 6) is 0.238. The molecule has 1 aromatic rings. The molecular weight excluding hydrogens is 248 g/mol. The van der Waals surface area contributed by atoms with E-state index < -0.39 is 0 Å². The highest BCUT2D eigenvalue weighted by Gasteiger charge is 2.22. The van der Waals surface area contributed by atoms with Crippen molar-refractivity contribution in [2.45, 2.75) is 38.6 Å². The van der Waals surface area contributed by atoms with Crippen molar-refractivity contribution in [1.82, 2.24) is 4.90 Å². The summed E-state index contributed by atoms with van der Waals surface area (Å²) in [6.45, 7) is 3.05. The van der Waals surface area contributed by atoms with E-state index in [1.807, 2.05) is 29.2 Å². The van der Waals surface area contributed by atoms with Crippen LogP contribution in [-0.2, 0) is 11.2 Å². The lowest BCUT2D eigenvalue weighted by Gasteiger charge is -2.33. The van der Waals surface area contributed by atoms with E-state index in [4.69, 9.17) is 5.73 Å². The van der Waals surface area contributed by atoms with Gasteiger partial charge < -0.3 is 10.6 Å². The molecule has 0 saturated carbocycles. The van der Waals surface area contributed by atoms with E-state index in [0.29, 0.717) is 12.5 Å². The summed E-state index contributed by atoms with van der Waals surface area (Å²) in [7, 11) is 0. The fourth-order valence-corrected chi connectivity index (χ4v) is 2.38. The third-order valence-electron chi connectivity index (χ3n) is 3.46. The Hall–Kier alpha value is -1.22. The largest absolute Gasteiger partial charge is 0.399 e.